The number of hydrogen-bond donors (Lipinski definition) is 2. The van der Waals surface area contributed by atoms with Crippen LogP contribution in [0, 0.1) is 0 Å². The number of halogens is 1. The molecule has 1 aliphatic heterocycles. The van der Waals surface area contributed by atoms with Crippen LogP contribution in [0.4, 0.5) is 11.6 Å². The third kappa shape index (κ3) is 4.31. The second-order valence-electron chi connectivity index (χ2n) is 8.62. The van der Waals surface area contributed by atoms with Crippen LogP contribution in [0.1, 0.15) is 28.9 Å². The molecule has 194 valence electrons. The molecule has 9 nitrogen and oxygen atoms in total. The Morgan fingerprint density at radius 1 is 1.00 bits per heavy atom. The molecule has 0 spiro atoms. The highest BCUT2D eigenvalue weighted by atomic mass is 35.5. The van der Waals surface area contributed by atoms with E-state index in [1.165, 1.54) is 21.3 Å². The van der Waals surface area contributed by atoms with Gasteiger partial charge in [0, 0.05) is 17.8 Å². The van der Waals surface area contributed by atoms with Crippen molar-refractivity contribution in [3.63, 3.8) is 0 Å². The van der Waals surface area contributed by atoms with Crippen LogP contribution in [0.3, 0.4) is 0 Å². The SMILES string of the molecule is COC(=O)c1ccc([C@H]2C(C(=O)Nc3cc(OC)c(Cl)cc3OC)=C(C)Nc3nc4ccccc4n32)cc1. The fraction of sp³-hybridized carbons (Fsp3) is 0.179. The number of aromatic nitrogens is 2. The first-order valence-corrected chi connectivity index (χ1v) is 12.1. The van der Waals surface area contributed by atoms with Crippen molar-refractivity contribution < 1.29 is 23.8 Å². The van der Waals surface area contributed by atoms with Crippen LogP contribution in [0.5, 0.6) is 11.5 Å². The summed E-state index contributed by atoms with van der Waals surface area (Å²) >= 11 is 6.26. The number of ether oxygens (including phenoxy) is 3. The van der Waals surface area contributed by atoms with Crippen LogP contribution in [-0.4, -0.2) is 42.8 Å². The maximum Gasteiger partial charge on any atom is 0.337 e. The monoisotopic (exact) mass is 532 g/mol. The van der Waals surface area contributed by atoms with Gasteiger partial charge in [0.15, 0.2) is 0 Å². The first-order chi connectivity index (χ1) is 18.4. The summed E-state index contributed by atoms with van der Waals surface area (Å²) in [6, 6.07) is 17.3. The van der Waals surface area contributed by atoms with Crippen molar-refractivity contribution in [3.05, 3.63) is 88.1 Å². The van der Waals surface area contributed by atoms with E-state index in [4.69, 9.17) is 30.8 Å². The number of nitrogens with one attached hydrogen (secondary N) is 2. The van der Waals surface area contributed by atoms with Gasteiger partial charge in [-0.2, -0.15) is 0 Å². The lowest BCUT2D eigenvalue weighted by Gasteiger charge is -2.31. The maximum absolute atomic E-state index is 14.0. The van der Waals surface area contributed by atoms with E-state index in [1.54, 1.807) is 24.3 Å². The summed E-state index contributed by atoms with van der Waals surface area (Å²) in [5, 5.41) is 6.61. The number of hydrogen-bond acceptors (Lipinski definition) is 7. The summed E-state index contributed by atoms with van der Waals surface area (Å²) in [4.78, 5) is 30.7. The van der Waals surface area contributed by atoms with E-state index in [2.05, 4.69) is 10.6 Å². The third-order valence-corrected chi connectivity index (χ3v) is 6.74. The number of methoxy groups -OCH3 is 3. The summed E-state index contributed by atoms with van der Waals surface area (Å²) < 4.78 is 17.6. The van der Waals surface area contributed by atoms with Gasteiger partial charge in [-0.15, -0.1) is 0 Å². The molecule has 1 atom stereocenters. The molecule has 2 N–H and O–H groups in total. The highest BCUT2D eigenvalue weighted by Crippen LogP contribution is 2.41. The molecule has 0 saturated heterocycles. The Bertz CT molecular complexity index is 1590. The van der Waals surface area contributed by atoms with Crippen molar-refractivity contribution in [2.45, 2.75) is 13.0 Å². The summed E-state index contributed by atoms with van der Waals surface area (Å²) in [7, 11) is 4.33. The zero-order chi connectivity index (χ0) is 27.0. The van der Waals surface area contributed by atoms with Crippen LogP contribution in [-0.2, 0) is 9.53 Å². The molecule has 1 amide bonds. The number of nitrogens with zero attached hydrogens (tertiary/aromatic N) is 2. The van der Waals surface area contributed by atoms with Gasteiger partial charge in [-0.1, -0.05) is 35.9 Å². The minimum atomic E-state index is -0.550. The number of imidazole rings is 1. The standard InChI is InChI=1S/C28H25ClN4O5/c1-15-24(26(34)31-20-14-22(36-2)18(29)13-23(20)37-3)25(16-9-11-17(12-10-16)27(35)38-4)33-21-8-6-5-7-19(21)32-28(33)30-15/h5-14,25H,1-4H3,(H,30,32)(H,31,34)/t25-/m0/s1. The third-order valence-electron chi connectivity index (χ3n) is 6.45. The van der Waals surface area contributed by atoms with Gasteiger partial charge in [0.1, 0.15) is 11.5 Å². The predicted octanol–water partition coefficient (Wildman–Crippen LogP) is 5.42. The van der Waals surface area contributed by atoms with Gasteiger partial charge >= 0.3 is 5.97 Å². The van der Waals surface area contributed by atoms with Gasteiger partial charge in [0.05, 0.1) is 60.3 Å². The van der Waals surface area contributed by atoms with Crippen molar-refractivity contribution in [1.29, 1.82) is 0 Å². The Balaban J connectivity index is 1.63. The molecule has 0 fully saturated rings. The smallest absolute Gasteiger partial charge is 0.337 e. The number of rotatable bonds is 6. The average Bonchev–Trinajstić information content (AvgIpc) is 3.30. The van der Waals surface area contributed by atoms with Crippen molar-refractivity contribution >= 4 is 46.1 Å². The van der Waals surface area contributed by atoms with Crippen LogP contribution in [0.15, 0.2) is 71.9 Å². The number of esters is 1. The van der Waals surface area contributed by atoms with Crippen molar-refractivity contribution in [2.24, 2.45) is 0 Å². The highest BCUT2D eigenvalue weighted by Gasteiger charge is 2.34. The zero-order valence-corrected chi connectivity index (χ0v) is 21.9. The fourth-order valence-electron chi connectivity index (χ4n) is 4.64. The van der Waals surface area contributed by atoms with E-state index in [-0.39, 0.29) is 5.91 Å². The predicted molar refractivity (Wildman–Crippen MR) is 145 cm³/mol. The minimum Gasteiger partial charge on any atom is -0.495 e. The van der Waals surface area contributed by atoms with E-state index in [0.29, 0.717) is 45.0 Å². The lowest BCUT2D eigenvalue weighted by molar-refractivity contribution is -0.113. The molecule has 0 bridgehead atoms. The number of fused-ring (bicyclic) bond motifs is 3. The lowest BCUT2D eigenvalue weighted by Crippen LogP contribution is -2.31. The molecule has 0 aliphatic carbocycles. The molecule has 1 aromatic heterocycles. The number of allylic oxidation sites excluding steroid dienone is 1. The molecule has 0 radical (unpaired) electrons. The van der Waals surface area contributed by atoms with E-state index < -0.39 is 12.0 Å². The number of para-hydroxylation sites is 2. The number of carbonyl (C=O) groups is 2. The van der Waals surface area contributed by atoms with E-state index in [9.17, 15) is 9.59 Å². The quantitative estimate of drug-likeness (QED) is 0.319. The molecule has 3 aromatic carbocycles. The van der Waals surface area contributed by atoms with Gasteiger partial charge in [-0.05, 0) is 36.8 Å². The summed E-state index contributed by atoms with van der Waals surface area (Å²) in [5.41, 5.74) is 4.32. The van der Waals surface area contributed by atoms with Crippen LogP contribution >= 0.6 is 11.6 Å². The molecule has 0 saturated carbocycles. The first kappa shape index (κ1) is 25.2. The molecule has 0 unspecified atom stereocenters. The molecular formula is C28H25ClN4O5. The van der Waals surface area contributed by atoms with Crippen LogP contribution in [0.25, 0.3) is 11.0 Å². The average molecular weight is 533 g/mol. The van der Waals surface area contributed by atoms with E-state index in [0.717, 1.165) is 16.6 Å². The number of amides is 1. The summed E-state index contributed by atoms with van der Waals surface area (Å²) in [5.74, 6) is 0.590. The van der Waals surface area contributed by atoms with Gasteiger partial charge in [0.25, 0.3) is 5.91 Å². The summed E-state index contributed by atoms with van der Waals surface area (Å²) in [6.07, 6.45) is 0. The number of carbonyl (C=O) groups excluding carboxylic acids is 2. The van der Waals surface area contributed by atoms with E-state index >= 15 is 0 Å². The number of anilines is 2. The topological polar surface area (TPSA) is 104 Å². The highest BCUT2D eigenvalue weighted by molar-refractivity contribution is 6.32. The van der Waals surface area contributed by atoms with Gasteiger partial charge in [-0.25, -0.2) is 9.78 Å². The molecule has 38 heavy (non-hydrogen) atoms. The zero-order valence-electron chi connectivity index (χ0n) is 21.2. The Morgan fingerprint density at radius 2 is 1.71 bits per heavy atom. The van der Waals surface area contributed by atoms with Gasteiger partial charge in [0.2, 0.25) is 5.95 Å². The van der Waals surface area contributed by atoms with Crippen molar-refractivity contribution in [2.75, 3.05) is 32.0 Å². The molecule has 4 aromatic rings. The first-order valence-electron chi connectivity index (χ1n) is 11.7. The molecular weight excluding hydrogens is 508 g/mol. The maximum atomic E-state index is 14.0. The minimum absolute atomic E-state index is 0.357. The second kappa shape index (κ2) is 10.1. The van der Waals surface area contributed by atoms with Gasteiger partial charge < -0.3 is 24.8 Å². The molecule has 2 heterocycles. The number of benzene rings is 3. The largest absolute Gasteiger partial charge is 0.495 e. The Hall–Kier alpha value is -4.50. The normalized spacial score (nSPS) is 14.5. The molecule has 5 rings (SSSR count). The molecule has 10 heteroatoms. The molecule has 1 aliphatic rings. The van der Waals surface area contributed by atoms with Gasteiger partial charge in [-0.3, -0.25) is 9.36 Å². The van der Waals surface area contributed by atoms with Crippen molar-refractivity contribution in [1.82, 2.24) is 9.55 Å². The van der Waals surface area contributed by atoms with Crippen LogP contribution in [0.2, 0.25) is 5.02 Å². The Labute approximate surface area is 224 Å². The Morgan fingerprint density at radius 3 is 2.39 bits per heavy atom. The van der Waals surface area contributed by atoms with Crippen LogP contribution < -0.4 is 20.1 Å². The Kier molecular flexibility index (Phi) is 6.69. The second-order valence-corrected chi connectivity index (χ2v) is 9.02. The van der Waals surface area contributed by atoms with E-state index in [1.807, 2.05) is 47.9 Å². The summed E-state index contributed by atoms with van der Waals surface area (Å²) in [6.45, 7) is 1.83. The lowest BCUT2D eigenvalue weighted by atomic mass is 9.93. The van der Waals surface area contributed by atoms with Crippen molar-refractivity contribution in [3.8, 4) is 11.5 Å². The fourth-order valence-corrected chi connectivity index (χ4v) is 4.87.